The predicted octanol–water partition coefficient (Wildman–Crippen LogP) is 2.79. The fraction of sp³-hybridized carbons (Fsp3) is 0.364. The summed E-state index contributed by atoms with van der Waals surface area (Å²) in [5.41, 5.74) is 5.52. The van der Waals surface area contributed by atoms with E-state index in [9.17, 15) is 13.2 Å². The zero-order valence-electron chi connectivity index (χ0n) is 8.71. The van der Waals surface area contributed by atoms with Crippen molar-refractivity contribution in [2.45, 2.75) is 24.6 Å². The van der Waals surface area contributed by atoms with Gasteiger partial charge in [-0.2, -0.15) is 13.2 Å². The standard InChI is InChI=1S/C11H9F3N2O/c12-11(13,14)9-7-2-1-6(10(15)3-4-10)5-8(7)17-16-9/h1-2,5H,3-4,15H2. The smallest absolute Gasteiger partial charge is 0.356 e. The number of hydrogen-bond acceptors (Lipinski definition) is 3. The number of aromatic nitrogens is 1. The normalized spacial score (nSPS) is 18.6. The van der Waals surface area contributed by atoms with Gasteiger partial charge in [0.15, 0.2) is 11.3 Å². The van der Waals surface area contributed by atoms with E-state index in [0.29, 0.717) is 0 Å². The van der Waals surface area contributed by atoms with Crippen molar-refractivity contribution < 1.29 is 17.7 Å². The molecule has 0 aliphatic heterocycles. The highest BCUT2D eigenvalue weighted by atomic mass is 19.4. The molecule has 2 N–H and O–H groups in total. The molecule has 0 saturated heterocycles. The molecule has 0 radical (unpaired) electrons. The van der Waals surface area contributed by atoms with Crippen LogP contribution < -0.4 is 5.73 Å². The second kappa shape index (κ2) is 3.01. The average molecular weight is 242 g/mol. The monoisotopic (exact) mass is 242 g/mol. The fourth-order valence-electron chi connectivity index (χ4n) is 1.87. The third-order valence-corrected chi connectivity index (χ3v) is 3.10. The van der Waals surface area contributed by atoms with E-state index in [-0.39, 0.29) is 16.5 Å². The van der Waals surface area contributed by atoms with Gasteiger partial charge in [0.2, 0.25) is 0 Å². The maximum atomic E-state index is 12.6. The van der Waals surface area contributed by atoms with E-state index in [2.05, 4.69) is 5.16 Å². The molecular weight excluding hydrogens is 233 g/mol. The summed E-state index contributed by atoms with van der Waals surface area (Å²) >= 11 is 0. The minimum absolute atomic E-state index is 0.0227. The number of nitrogens with zero attached hydrogens (tertiary/aromatic N) is 1. The Morgan fingerprint density at radius 3 is 2.59 bits per heavy atom. The van der Waals surface area contributed by atoms with Crippen molar-refractivity contribution >= 4 is 11.0 Å². The van der Waals surface area contributed by atoms with E-state index in [4.69, 9.17) is 10.3 Å². The van der Waals surface area contributed by atoms with Crippen LogP contribution in [0.15, 0.2) is 22.7 Å². The molecule has 0 bridgehead atoms. The van der Waals surface area contributed by atoms with E-state index in [1.165, 1.54) is 6.07 Å². The highest BCUT2D eigenvalue weighted by molar-refractivity contribution is 5.81. The molecule has 0 spiro atoms. The highest BCUT2D eigenvalue weighted by Crippen LogP contribution is 2.44. The van der Waals surface area contributed by atoms with E-state index in [1.807, 2.05) is 0 Å². The van der Waals surface area contributed by atoms with Crippen LogP contribution in [0.4, 0.5) is 13.2 Å². The quantitative estimate of drug-likeness (QED) is 0.836. The summed E-state index contributed by atoms with van der Waals surface area (Å²) in [7, 11) is 0. The molecule has 0 atom stereocenters. The van der Waals surface area contributed by atoms with Crippen LogP contribution in [-0.4, -0.2) is 5.16 Å². The summed E-state index contributed by atoms with van der Waals surface area (Å²) < 4.78 is 42.4. The number of benzene rings is 1. The first kappa shape index (κ1) is 10.6. The molecule has 1 saturated carbocycles. The summed E-state index contributed by atoms with van der Waals surface area (Å²) in [4.78, 5) is 0. The van der Waals surface area contributed by atoms with Crippen LogP contribution in [0.2, 0.25) is 0 Å². The lowest BCUT2D eigenvalue weighted by atomic mass is 10.0. The summed E-state index contributed by atoms with van der Waals surface area (Å²) in [6.07, 6.45) is -2.80. The van der Waals surface area contributed by atoms with E-state index >= 15 is 0 Å². The molecule has 90 valence electrons. The van der Waals surface area contributed by atoms with Gasteiger partial charge >= 0.3 is 6.18 Å². The van der Waals surface area contributed by atoms with Gasteiger partial charge in [-0.05, 0) is 30.5 Å². The molecule has 1 aromatic carbocycles. The van der Waals surface area contributed by atoms with E-state index in [0.717, 1.165) is 18.4 Å². The van der Waals surface area contributed by atoms with Gasteiger partial charge in [-0.25, -0.2) is 0 Å². The summed E-state index contributed by atoms with van der Waals surface area (Å²) in [6, 6.07) is 4.53. The zero-order chi connectivity index (χ0) is 12.3. The summed E-state index contributed by atoms with van der Waals surface area (Å²) in [6.45, 7) is 0. The lowest BCUT2D eigenvalue weighted by Gasteiger charge is -2.08. The van der Waals surface area contributed by atoms with Crippen molar-refractivity contribution in [1.82, 2.24) is 5.16 Å². The molecular formula is C11H9F3N2O. The largest absolute Gasteiger partial charge is 0.437 e. The van der Waals surface area contributed by atoms with E-state index < -0.39 is 11.9 Å². The molecule has 1 aliphatic rings. The van der Waals surface area contributed by atoms with Crippen molar-refractivity contribution in [3.8, 4) is 0 Å². The van der Waals surface area contributed by atoms with Crippen LogP contribution in [-0.2, 0) is 11.7 Å². The second-order valence-corrected chi connectivity index (χ2v) is 4.40. The molecule has 1 aromatic heterocycles. The molecule has 3 nitrogen and oxygen atoms in total. The number of hydrogen-bond donors (Lipinski definition) is 1. The van der Waals surface area contributed by atoms with Gasteiger partial charge in [0.25, 0.3) is 0 Å². The minimum Gasteiger partial charge on any atom is -0.356 e. The van der Waals surface area contributed by atoms with Crippen molar-refractivity contribution in [2.75, 3.05) is 0 Å². The predicted molar refractivity (Wildman–Crippen MR) is 54.1 cm³/mol. The Kier molecular flexibility index (Phi) is 1.87. The maximum absolute atomic E-state index is 12.6. The van der Waals surface area contributed by atoms with Crippen LogP contribution >= 0.6 is 0 Å². The Bertz CT molecular complexity index is 584. The molecule has 17 heavy (non-hydrogen) atoms. The first-order chi connectivity index (χ1) is 7.90. The lowest BCUT2D eigenvalue weighted by Crippen LogP contribution is -2.18. The number of rotatable bonds is 1. The van der Waals surface area contributed by atoms with Crippen molar-refractivity contribution in [2.24, 2.45) is 5.73 Å². The van der Waals surface area contributed by atoms with Crippen LogP contribution in [0, 0.1) is 0 Å². The van der Waals surface area contributed by atoms with Gasteiger partial charge in [0.05, 0.1) is 5.39 Å². The molecule has 6 heteroatoms. The Hall–Kier alpha value is -1.56. The van der Waals surface area contributed by atoms with Gasteiger partial charge in [-0.15, -0.1) is 0 Å². The topological polar surface area (TPSA) is 52.0 Å². The molecule has 1 heterocycles. The Morgan fingerprint density at radius 2 is 2.00 bits per heavy atom. The van der Waals surface area contributed by atoms with Crippen molar-refractivity contribution in [1.29, 1.82) is 0 Å². The van der Waals surface area contributed by atoms with Gasteiger partial charge in [-0.1, -0.05) is 11.2 Å². The molecule has 2 aromatic rings. The third-order valence-electron chi connectivity index (χ3n) is 3.10. The summed E-state index contributed by atoms with van der Waals surface area (Å²) in [5, 5.41) is 3.05. The van der Waals surface area contributed by atoms with Crippen LogP contribution in [0.25, 0.3) is 11.0 Å². The fourth-order valence-corrected chi connectivity index (χ4v) is 1.87. The van der Waals surface area contributed by atoms with Crippen LogP contribution in [0.1, 0.15) is 24.1 Å². The Morgan fingerprint density at radius 1 is 1.29 bits per heavy atom. The zero-order valence-corrected chi connectivity index (χ0v) is 8.71. The molecule has 0 unspecified atom stereocenters. The SMILES string of the molecule is NC1(c2ccc3c(C(F)(F)F)noc3c2)CC1. The lowest BCUT2D eigenvalue weighted by molar-refractivity contribution is -0.141. The van der Waals surface area contributed by atoms with Crippen LogP contribution in [0.5, 0.6) is 0 Å². The number of alkyl halides is 3. The molecule has 1 fully saturated rings. The van der Waals surface area contributed by atoms with Crippen molar-refractivity contribution in [3.05, 3.63) is 29.5 Å². The first-order valence-corrected chi connectivity index (χ1v) is 5.16. The molecule has 1 aliphatic carbocycles. The van der Waals surface area contributed by atoms with Gasteiger partial charge < -0.3 is 10.3 Å². The summed E-state index contributed by atoms with van der Waals surface area (Å²) in [5.74, 6) is 0. The average Bonchev–Trinajstić information content (AvgIpc) is 2.85. The third kappa shape index (κ3) is 1.59. The first-order valence-electron chi connectivity index (χ1n) is 5.16. The maximum Gasteiger partial charge on any atom is 0.437 e. The minimum atomic E-state index is -4.49. The highest BCUT2D eigenvalue weighted by Gasteiger charge is 2.41. The van der Waals surface area contributed by atoms with Gasteiger partial charge in [0, 0.05) is 5.54 Å². The number of fused-ring (bicyclic) bond motifs is 1. The van der Waals surface area contributed by atoms with Gasteiger partial charge in [0.1, 0.15) is 0 Å². The van der Waals surface area contributed by atoms with Crippen molar-refractivity contribution in [3.63, 3.8) is 0 Å². The second-order valence-electron chi connectivity index (χ2n) is 4.40. The molecule has 0 amide bonds. The Balaban J connectivity index is 2.14. The number of nitrogens with two attached hydrogens (primary N) is 1. The Labute approximate surface area is 94.4 Å². The molecule has 3 rings (SSSR count). The van der Waals surface area contributed by atoms with Gasteiger partial charge in [-0.3, -0.25) is 0 Å². The number of halogens is 3. The van der Waals surface area contributed by atoms with E-state index in [1.54, 1.807) is 12.1 Å². The van der Waals surface area contributed by atoms with Crippen LogP contribution in [0.3, 0.4) is 0 Å².